The molecule has 0 radical (unpaired) electrons. The number of fused-ring (bicyclic) bond motifs is 3. The Kier molecular flexibility index (Phi) is 7.39. The molecule has 4 aromatic carbocycles. The van der Waals surface area contributed by atoms with E-state index in [9.17, 15) is 9.59 Å². The first-order valence-electron chi connectivity index (χ1n) is 13.8. The van der Waals surface area contributed by atoms with Crippen LogP contribution in [-0.2, 0) is 9.59 Å². The summed E-state index contributed by atoms with van der Waals surface area (Å²) in [5.74, 6) is -0.266. The smallest absolute Gasteiger partial charge is 0.240 e. The number of anilines is 2. The van der Waals surface area contributed by atoms with E-state index in [1.165, 1.54) is 0 Å². The van der Waals surface area contributed by atoms with Crippen LogP contribution in [0.1, 0.15) is 23.5 Å². The summed E-state index contributed by atoms with van der Waals surface area (Å²) < 4.78 is 0. The Morgan fingerprint density at radius 2 is 1.44 bits per heavy atom. The van der Waals surface area contributed by atoms with Gasteiger partial charge in [0.2, 0.25) is 12.3 Å². The van der Waals surface area contributed by atoms with Crippen molar-refractivity contribution in [3.8, 4) is 33.4 Å². The average molecular weight is 539 g/mol. The highest BCUT2D eigenvalue weighted by atomic mass is 16.2. The van der Waals surface area contributed by atoms with E-state index in [4.69, 9.17) is 5.73 Å². The van der Waals surface area contributed by atoms with Crippen molar-refractivity contribution in [2.24, 2.45) is 5.73 Å². The van der Waals surface area contributed by atoms with Crippen LogP contribution in [0.4, 0.5) is 11.5 Å². The number of carbonyl (C=O) groups excluding carboxylic acids is 2. The number of benzene rings is 4. The fourth-order valence-electron chi connectivity index (χ4n) is 5.85. The normalized spacial score (nSPS) is 13.2. The summed E-state index contributed by atoms with van der Waals surface area (Å²) >= 11 is 0. The number of rotatable bonds is 9. The van der Waals surface area contributed by atoms with Gasteiger partial charge in [0.25, 0.3) is 0 Å². The number of nitrogens with one attached hydrogen (secondary N) is 1. The molecule has 6 nitrogen and oxygen atoms in total. The van der Waals surface area contributed by atoms with Gasteiger partial charge in [-0.3, -0.25) is 14.5 Å². The second-order valence-electron chi connectivity index (χ2n) is 9.97. The van der Waals surface area contributed by atoms with E-state index in [0.29, 0.717) is 37.4 Å². The highest BCUT2D eigenvalue weighted by Crippen LogP contribution is 2.51. The maximum Gasteiger partial charge on any atom is 0.240 e. The lowest BCUT2D eigenvalue weighted by molar-refractivity contribution is -0.119. The van der Waals surface area contributed by atoms with Crippen molar-refractivity contribution in [2.75, 3.05) is 23.3 Å². The Hall–Kier alpha value is -5.07. The van der Waals surface area contributed by atoms with Crippen LogP contribution in [0.3, 0.4) is 0 Å². The maximum absolute atomic E-state index is 14.8. The molecule has 1 aliphatic rings. The minimum absolute atomic E-state index is 0.109. The van der Waals surface area contributed by atoms with Crippen molar-refractivity contribution in [3.05, 3.63) is 127 Å². The van der Waals surface area contributed by atoms with Gasteiger partial charge in [-0.05, 0) is 69.6 Å². The SMILES string of the molecule is NCCCN(C(=O)C1c2ccccc2-c2cccc(-c3ccccc3-c3ccccc3)c21)c1ncccc1NC=O. The second-order valence-corrected chi connectivity index (χ2v) is 9.97. The van der Waals surface area contributed by atoms with Gasteiger partial charge < -0.3 is 11.1 Å². The number of amides is 2. The molecule has 0 saturated heterocycles. The van der Waals surface area contributed by atoms with Crippen LogP contribution in [0.5, 0.6) is 0 Å². The van der Waals surface area contributed by atoms with E-state index in [-0.39, 0.29) is 5.91 Å². The van der Waals surface area contributed by atoms with E-state index in [0.717, 1.165) is 44.5 Å². The standard InChI is InChI=1S/C35H30N4O2/c36-20-10-22-39(34-31(38-23-40)19-9-21-37-34)35(41)33-30-16-7-6-15-27(30)29-18-8-17-28(32(29)33)26-14-5-4-13-25(26)24-11-2-1-3-12-24/h1-9,11-19,21,23,33H,10,20,22,36H2,(H,38,40). The van der Waals surface area contributed by atoms with E-state index >= 15 is 0 Å². The number of hydrogen-bond acceptors (Lipinski definition) is 4. The Morgan fingerprint density at radius 1 is 0.780 bits per heavy atom. The lowest BCUT2D eigenvalue weighted by atomic mass is 9.85. The first kappa shape index (κ1) is 26.2. The van der Waals surface area contributed by atoms with E-state index in [1.807, 2.05) is 48.5 Å². The third kappa shape index (κ3) is 4.79. The molecule has 202 valence electrons. The molecule has 6 heteroatoms. The van der Waals surface area contributed by atoms with E-state index < -0.39 is 5.92 Å². The van der Waals surface area contributed by atoms with Crippen LogP contribution in [0.25, 0.3) is 33.4 Å². The average Bonchev–Trinajstić information content (AvgIpc) is 3.37. The molecule has 1 aromatic heterocycles. The zero-order valence-electron chi connectivity index (χ0n) is 22.5. The third-order valence-corrected chi connectivity index (χ3v) is 7.61. The summed E-state index contributed by atoms with van der Waals surface area (Å²) in [5.41, 5.74) is 14.7. The fraction of sp³-hybridized carbons (Fsp3) is 0.114. The molecule has 2 amide bonds. The minimum atomic E-state index is -0.565. The molecular formula is C35H30N4O2. The van der Waals surface area contributed by atoms with Gasteiger partial charge >= 0.3 is 0 Å². The molecule has 0 spiro atoms. The lowest BCUT2D eigenvalue weighted by Crippen LogP contribution is -2.38. The molecular weight excluding hydrogens is 508 g/mol. The summed E-state index contributed by atoms with van der Waals surface area (Å²) in [6.45, 7) is 0.789. The Labute approximate surface area is 239 Å². The molecule has 0 bridgehead atoms. The summed E-state index contributed by atoms with van der Waals surface area (Å²) in [6.07, 6.45) is 2.82. The van der Waals surface area contributed by atoms with Crippen LogP contribution in [-0.4, -0.2) is 30.4 Å². The highest BCUT2D eigenvalue weighted by Gasteiger charge is 2.39. The van der Waals surface area contributed by atoms with Crippen molar-refractivity contribution in [1.82, 2.24) is 4.98 Å². The summed E-state index contributed by atoms with van der Waals surface area (Å²) in [4.78, 5) is 32.4. The maximum atomic E-state index is 14.8. The largest absolute Gasteiger partial charge is 0.330 e. The molecule has 1 heterocycles. The minimum Gasteiger partial charge on any atom is -0.330 e. The first-order valence-corrected chi connectivity index (χ1v) is 13.8. The number of nitrogens with zero attached hydrogens (tertiary/aromatic N) is 2. The van der Waals surface area contributed by atoms with Gasteiger partial charge in [0, 0.05) is 12.7 Å². The van der Waals surface area contributed by atoms with Crippen LogP contribution in [0.2, 0.25) is 0 Å². The lowest BCUT2D eigenvalue weighted by Gasteiger charge is -2.28. The molecule has 1 atom stereocenters. The molecule has 5 aromatic rings. The van der Waals surface area contributed by atoms with E-state index in [1.54, 1.807) is 23.2 Å². The van der Waals surface area contributed by atoms with Crippen LogP contribution in [0.15, 0.2) is 115 Å². The van der Waals surface area contributed by atoms with Crippen molar-refractivity contribution < 1.29 is 9.59 Å². The Bertz CT molecular complexity index is 1720. The van der Waals surface area contributed by atoms with Crippen molar-refractivity contribution >= 4 is 23.8 Å². The third-order valence-electron chi connectivity index (χ3n) is 7.61. The molecule has 0 aliphatic heterocycles. The molecule has 1 unspecified atom stereocenters. The van der Waals surface area contributed by atoms with Gasteiger partial charge in [-0.1, -0.05) is 97.1 Å². The van der Waals surface area contributed by atoms with Crippen LogP contribution >= 0.6 is 0 Å². The van der Waals surface area contributed by atoms with Gasteiger partial charge in [-0.15, -0.1) is 0 Å². The zero-order chi connectivity index (χ0) is 28.2. The molecule has 0 saturated carbocycles. The van der Waals surface area contributed by atoms with Gasteiger partial charge in [0.1, 0.15) is 0 Å². The van der Waals surface area contributed by atoms with Crippen LogP contribution in [0, 0.1) is 0 Å². The predicted octanol–water partition coefficient (Wildman–Crippen LogP) is 6.48. The summed E-state index contributed by atoms with van der Waals surface area (Å²) in [5, 5.41) is 2.71. The van der Waals surface area contributed by atoms with Gasteiger partial charge in [0.05, 0.1) is 11.6 Å². The molecule has 6 rings (SSSR count). The molecule has 3 N–H and O–H groups in total. The van der Waals surface area contributed by atoms with Gasteiger partial charge in [-0.25, -0.2) is 4.98 Å². The van der Waals surface area contributed by atoms with Crippen molar-refractivity contribution in [3.63, 3.8) is 0 Å². The van der Waals surface area contributed by atoms with Crippen LogP contribution < -0.4 is 16.0 Å². The Morgan fingerprint density at radius 3 is 2.20 bits per heavy atom. The quantitative estimate of drug-likeness (QED) is 0.210. The number of hydrogen-bond donors (Lipinski definition) is 2. The first-order chi connectivity index (χ1) is 20.2. The highest BCUT2D eigenvalue weighted by molar-refractivity contribution is 6.08. The molecule has 41 heavy (non-hydrogen) atoms. The predicted molar refractivity (Wildman–Crippen MR) is 165 cm³/mol. The fourth-order valence-corrected chi connectivity index (χ4v) is 5.85. The monoisotopic (exact) mass is 538 g/mol. The number of carbonyl (C=O) groups is 2. The van der Waals surface area contributed by atoms with Crippen molar-refractivity contribution in [2.45, 2.75) is 12.3 Å². The summed E-state index contributed by atoms with van der Waals surface area (Å²) in [7, 11) is 0. The van der Waals surface area contributed by atoms with E-state index in [2.05, 4.69) is 58.8 Å². The topological polar surface area (TPSA) is 88.3 Å². The number of pyridine rings is 1. The molecule has 1 aliphatic carbocycles. The molecule has 0 fully saturated rings. The Balaban J connectivity index is 1.55. The van der Waals surface area contributed by atoms with Gasteiger partial charge in [-0.2, -0.15) is 0 Å². The zero-order valence-corrected chi connectivity index (χ0v) is 22.5. The van der Waals surface area contributed by atoms with Crippen molar-refractivity contribution in [1.29, 1.82) is 0 Å². The number of aromatic nitrogens is 1. The van der Waals surface area contributed by atoms with Gasteiger partial charge in [0.15, 0.2) is 5.82 Å². The number of nitrogens with two attached hydrogens (primary N) is 1. The second kappa shape index (κ2) is 11.6. The summed E-state index contributed by atoms with van der Waals surface area (Å²) in [6, 6.07) is 36.5.